The van der Waals surface area contributed by atoms with Crippen LogP contribution in [0.15, 0.2) is 24.5 Å². The molecule has 0 spiro atoms. The summed E-state index contributed by atoms with van der Waals surface area (Å²) in [5.74, 6) is 1.74. The van der Waals surface area contributed by atoms with Crippen LogP contribution in [0.5, 0.6) is 5.75 Å². The van der Waals surface area contributed by atoms with Crippen molar-refractivity contribution in [1.82, 2.24) is 20.1 Å². The first kappa shape index (κ1) is 12.6. The number of nitrogens with one attached hydrogen (secondary N) is 1. The number of aryl methyl sites for hydroxylation is 2. The predicted molar refractivity (Wildman–Crippen MR) is 69.3 cm³/mol. The average Bonchev–Trinajstić information content (AvgIpc) is 2.75. The third kappa shape index (κ3) is 2.68. The number of hydrogen-bond donors (Lipinski definition) is 1. The number of rotatable bonds is 5. The molecule has 5 nitrogen and oxygen atoms in total. The zero-order chi connectivity index (χ0) is 13.0. The summed E-state index contributed by atoms with van der Waals surface area (Å²) in [6.45, 7) is 3.26. The topological polar surface area (TPSA) is 52.0 Å². The molecule has 0 unspecified atom stereocenters. The van der Waals surface area contributed by atoms with Crippen molar-refractivity contribution in [3.8, 4) is 5.75 Å². The highest BCUT2D eigenvalue weighted by Gasteiger charge is 2.08. The van der Waals surface area contributed by atoms with E-state index in [4.69, 9.17) is 4.74 Å². The molecule has 0 atom stereocenters. The molecule has 1 aromatic carbocycles. The summed E-state index contributed by atoms with van der Waals surface area (Å²) in [6.07, 6.45) is 1.67. The van der Waals surface area contributed by atoms with Gasteiger partial charge in [-0.2, -0.15) is 0 Å². The van der Waals surface area contributed by atoms with E-state index in [1.54, 1.807) is 6.33 Å². The Balaban J connectivity index is 2.15. The molecular formula is C13H18N4O. The molecule has 96 valence electrons. The average molecular weight is 246 g/mol. The number of aromatic nitrogens is 3. The fourth-order valence-electron chi connectivity index (χ4n) is 1.82. The van der Waals surface area contributed by atoms with Crippen LogP contribution in [0.4, 0.5) is 0 Å². The summed E-state index contributed by atoms with van der Waals surface area (Å²) < 4.78 is 7.74. The maximum absolute atomic E-state index is 5.88. The van der Waals surface area contributed by atoms with E-state index in [1.807, 2.05) is 37.7 Å². The van der Waals surface area contributed by atoms with Crippen molar-refractivity contribution < 1.29 is 4.74 Å². The fraction of sp³-hybridized carbons (Fsp3) is 0.385. The molecule has 0 aliphatic heterocycles. The van der Waals surface area contributed by atoms with Crippen molar-refractivity contribution in [1.29, 1.82) is 0 Å². The van der Waals surface area contributed by atoms with Crippen LogP contribution in [0, 0.1) is 6.92 Å². The molecule has 0 radical (unpaired) electrons. The second-order valence-electron chi connectivity index (χ2n) is 4.24. The van der Waals surface area contributed by atoms with Gasteiger partial charge in [0.25, 0.3) is 0 Å². The molecule has 2 aromatic rings. The number of benzene rings is 1. The Morgan fingerprint density at radius 2 is 2.22 bits per heavy atom. The van der Waals surface area contributed by atoms with Crippen LogP contribution in [0.3, 0.4) is 0 Å². The second-order valence-corrected chi connectivity index (χ2v) is 4.24. The number of hydrogen-bond acceptors (Lipinski definition) is 4. The Morgan fingerprint density at radius 3 is 2.89 bits per heavy atom. The van der Waals surface area contributed by atoms with Crippen LogP contribution in [-0.4, -0.2) is 21.8 Å². The largest absolute Gasteiger partial charge is 0.485 e. The lowest BCUT2D eigenvalue weighted by atomic mass is 10.1. The summed E-state index contributed by atoms with van der Waals surface area (Å²) in [5.41, 5.74) is 2.28. The lowest BCUT2D eigenvalue weighted by Crippen LogP contribution is -2.10. The van der Waals surface area contributed by atoms with Gasteiger partial charge in [-0.3, -0.25) is 0 Å². The smallest absolute Gasteiger partial charge is 0.170 e. The minimum absolute atomic E-state index is 0.429. The van der Waals surface area contributed by atoms with E-state index in [0.717, 1.165) is 29.2 Å². The second kappa shape index (κ2) is 5.64. The summed E-state index contributed by atoms with van der Waals surface area (Å²) in [7, 11) is 3.83. The fourth-order valence-corrected chi connectivity index (χ4v) is 1.82. The molecule has 18 heavy (non-hydrogen) atoms. The monoisotopic (exact) mass is 246 g/mol. The molecular weight excluding hydrogens is 228 g/mol. The Kier molecular flexibility index (Phi) is 3.94. The lowest BCUT2D eigenvalue weighted by Gasteiger charge is -2.13. The Morgan fingerprint density at radius 1 is 1.39 bits per heavy atom. The minimum Gasteiger partial charge on any atom is -0.485 e. The van der Waals surface area contributed by atoms with Crippen LogP contribution < -0.4 is 10.1 Å². The molecule has 0 saturated heterocycles. The maximum atomic E-state index is 5.88. The van der Waals surface area contributed by atoms with Crippen LogP contribution in [0.1, 0.15) is 17.0 Å². The van der Waals surface area contributed by atoms with Crippen molar-refractivity contribution in [3.63, 3.8) is 0 Å². The number of para-hydroxylation sites is 1. The molecule has 0 amide bonds. The first-order valence-electron chi connectivity index (χ1n) is 5.91. The van der Waals surface area contributed by atoms with Gasteiger partial charge in [-0.25, -0.2) is 0 Å². The van der Waals surface area contributed by atoms with Gasteiger partial charge in [-0.1, -0.05) is 18.2 Å². The molecule has 0 aliphatic rings. The Bertz CT molecular complexity index is 521. The summed E-state index contributed by atoms with van der Waals surface area (Å²) in [6, 6.07) is 6.15. The van der Waals surface area contributed by atoms with Crippen molar-refractivity contribution in [2.24, 2.45) is 7.05 Å². The highest BCUT2D eigenvalue weighted by atomic mass is 16.5. The molecule has 2 rings (SSSR count). The summed E-state index contributed by atoms with van der Waals surface area (Å²) in [4.78, 5) is 0. The third-order valence-corrected chi connectivity index (χ3v) is 2.81. The van der Waals surface area contributed by atoms with E-state index in [0.29, 0.717) is 6.61 Å². The van der Waals surface area contributed by atoms with Crippen LogP contribution >= 0.6 is 0 Å². The van der Waals surface area contributed by atoms with Gasteiger partial charge in [0.05, 0.1) is 0 Å². The van der Waals surface area contributed by atoms with Gasteiger partial charge in [0.15, 0.2) is 5.82 Å². The number of ether oxygens (including phenoxy) is 1. The van der Waals surface area contributed by atoms with Gasteiger partial charge in [0.2, 0.25) is 0 Å². The van der Waals surface area contributed by atoms with Crippen molar-refractivity contribution in [2.45, 2.75) is 20.1 Å². The van der Waals surface area contributed by atoms with Crippen LogP contribution in [0.2, 0.25) is 0 Å². The number of nitrogens with zero attached hydrogens (tertiary/aromatic N) is 3. The molecule has 0 bridgehead atoms. The zero-order valence-electron chi connectivity index (χ0n) is 11.0. The molecule has 0 saturated carbocycles. The highest BCUT2D eigenvalue weighted by Crippen LogP contribution is 2.24. The van der Waals surface area contributed by atoms with Gasteiger partial charge in [-0.05, 0) is 19.5 Å². The van der Waals surface area contributed by atoms with Gasteiger partial charge in [0, 0.05) is 19.2 Å². The molecule has 5 heteroatoms. The van der Waals surface area contributed by atoms with E-state index in [-0.39, 0.29) is 0 Å². The SMILES string of the molecule is CNCc1cccc(C)c1OCc1nncn1C. The predicted octanol–water partition coefficient (Wildman–Crippen LogP) is 1.42. The quantitative estimate of drug-likeness (QED) is 0.867. The van der Waals surface area contributed by atoms with Crippen LogP contribution in [0.25, 0.3) is 0 Å². The molecule has 0 aliphatic carbocycles. The highest BCUT2D eigenvalue weighted by molar-refractivity contribution is 5.40. The molecule has 1 N–H and O–H groups in total. The molecule has 1 aromatic heterocycles. The lowest BCUT2D eigenvalue weighted by molar-refractivity contribution is 0.286. The van der Waals surface area contributed by atoms with E-state index in [9.17, 15) is 0 Å². The summed E-state index contributed by atoms with van der Waals surface area (Å²) in [5, 5.41) is 11.0. The third-order valence-electron chi connectivity index (χ3n) is 2.81. The van der Waals surface area contributed by atoms with E-state index in [1.165, 1.54) is 0 Å². The van der Waals surface area contributed by atoms with Crippen molar-refractivity contribution in [2.75, 3.05) is 7.05 Å². The van der Waals surface area contributed by atoms with E-state index < -0.39 is 0 Å². The van der Waals surface area contributed by atoms with Gasteiger partial charge in [0.1, 0.15) is 18.7 Å². The van der Waals surface area contributed by atoms with Crippen LogP contribution in [-0.2, 0) is 20.2 Å². The Labute approximate surface area is 107 Å². The van der Waals surface area contributed by atoms with Gasteiger partial charge < -0.3 is 14.6 Å². The van der Waals surface area contributed by atoms with E-state index >= 15 is 0 Å². The van der Waals surface area contributed by atoms with Gasteiger partial charge in [-0.15, -0.1) is 10.2 Å². The molecule has 0 fully saturated rings. The normalized spacial score (nSPS) is 10.6. The van der Waals surface area contributed by atoms with E-state index in [2.05, 4.69) is 21.6 Å². The Hall–Kier alpha value is -1.88. The first-order chi connectivity index (χ1) is 8.72. The zero-order valence-corrected chi connectivity index (χ0v) is 11.0. The van der Waals surface area contributed by atoms with Crippen molar-refractivity contribution >= 4 is 0 Å². The maximum Gasteiger partial charge on any atom is 0.170 e. The van der Waals surface area contributed by atoms with Gasteiger partial charge >= 0.3 is 0 Å². The standard InChI is InChI=1S/C13H18N4O/c1-10-5-4-6-11(7-14-2)13(10)18-8-12-16-15-9-17(12)3/h4-6,9,14H,7-8H2,1-3H3. The first-order valence-corrected chi connectivity index (χ1v) is 5.91. The summed E-state index contributed by atoms with van der Waals surface area (Å²) >= 11 is 0. The van der Waals surface area contributed by atoms with Crippen molar-refractivity contribution in [3.05, 3.63) is 41.5 Å². The minimum atomic E-state index is 0.429. The molecule has 1 heterocycles.